The van der Waals surface area contributed by atoms with Gasteiger partial charge < -0.3 is 5.32 Å². The van der Waals surface area contributed by atoms with E-state index in [0.717, 1.165) is 34.7 Å². The second-order valence-corrected chi connectivity index (χ2v) is 7.91. The standard InChI is InChI=1S/C22H23N5OS/c1-3-23-15(2)6-7-20(28)16-8-10-24-19(13-16)17-14-25-27-11-9-18(26-22(17)27)21-5-4-12-29-21/h4-5,8-15,23H,3,6-7H2,1-2H3/t15-/m0/s1. The summed E-state index contributed by atoms with van der Waals surface area (Å²) >= 11 is 1.65. The molecular weight excluding hydrogens is 382 g/mol. The van der Waals surface area contributed by atoms with Gasteiger partial charge in [-0.05, 0) is 49.5 Å². The van der Waals surface area contributed by atoms with Crippen LogP contribution in [0.4, 0.5) is 0 Å². The van der Waals surface area contributed by atoms with Crippen LogP contribution in [0.2, 0.25) is 0 Å². The summed E-state index contributed by atoms with van der Waals surface area (Å²) in [6.07, 6.45) is 6.66. The lowest BCUT2D eigenvalue weighted by molar-refractivity contribution is 0.0976. The number of thiophene rings is 1. The molecule has 4 rings (SSSR count). The maximum Gasteiger partial charge on any atom is 0.165 e. The molecule has 0 aromatic carbocycles. The van der Waals surface area contributed by atoms with Crippen LogP contribution in [0.5, 0.6) is 0 Å². The number of hydrogen-bond acceptors (Lipinski definition) is 6. The lowest BCUT2D eigenvalue weighted by atomic mass is 10.0. The Morgan fingerprint density at radius 2 is 2.17 bits per heavy atom. The van der Waals surface area contributed by atoms with Crippen molar-refractivity contribution in [2.45, 2.75) is 32.7 Å². The van der Waals surface area contributed by atoms with Crippen molar-refractivity contribution in [2.75, 3.05) is 6.54 Å². The van der Waals surface area contributed by atoms with Gasteiger partial charge in [-0.25, -0.2) is 9.50 Å². The highest BCUT2D eigenvalue weighted by Crippen LogP contribution is 2.27. The number of rotatable bonds is 8. The van der Waals surface area contributed by atoms with Crippen molar-refractivity contribution in [3.05, 3.63) is 59.9 Å². The molecular formula is C22H23N5OS. The van der Waals surface area contributed by atoms with Crippen LogP contribution in [0.15, 0.2) is 54.3 Å². The number of ketones is 1. The second kappa shape index (κ2) is 8.63. The van der Waals surface area contributed by atoms with Crippen LogP contribution in [0.1, 0.15) is 37.0 Å². The number of pyridine rings is 1. The van der Waals surface area contributed by atoms with E-state index in [-0.39, 0.29) is 5.78 Å². The van der Waals surface area contributed by atoms with Gasteiger partial charge in [0.15, 0.2) is 11.4 Å². The first kappa shape index (κ1) is 19.4. The summed E-state index contributed by atoms with van der Waals surface area (Å²) in [5, 5.41) is 9.77. The largest absolute Gasteiger partial charge is 0.315 e. The third kappa shape index (κ3) is 4.26. The molecule has 0 bridgehead atoms. The molecule has 4 aromatic heterocycles. The number of hydrogen-bond donors (Lipinski definition) is 1. The molecule has 148 valence electrons. The zero-order valence-electron chi connectivity index (χ0n) is 16.5. The van der Waals surface area contributed by atoms with E-state index in [1.165, 1.54) is 0 Å². The maximum absolute atomic E-state index is 12.7. The smallest absolute Gasteiger partial charge is 0.165 e. The zero-order valence-corrected chi connectivity index (χ0v) is 17.3. The molecule has 0 spiro atoms. The summed E-state index contributed by atoms with van der Waals surface area (Å²) in [5.74, 6) is 0.127. The minimum atomic E-state index is 0.127. The summed E-state index contributed by atoms with van der Waals surface area (Å²) in [4.78, 5) is 23.0. The fourth-order valence-electron chi connectivity index (χ4n) is 3.30. The van der Waals surface area contributed by atoms with E-state index in [9.17, 15) is 4.79 Å². The van der Waals surface area contributed by atoms with Gasteiger partial charge in [-0.3, -0.25) is 9.78 Å². The van der Waals surface area contributed by atoms with Gasteiger partial charge in [0.1, 0.15) is 0 Å². The van der Waals surface area contributed by atoms with Crippen molar-refractivity contribution < 1.29 is 4.79 Å². The topological polar surface area (TPSA) is 72.2 Å². The SMILES string of the molecule is CCN[C@@H](C)CCC(=O)c1ccnc(-c2cnn3ccc(-c4cccs4)nc23)c1. The molecule has 0 saturated heterocycles. The summed E-state index contributed by atoms with van der Waals surface area (Å²) < 4.78 is 1.74. The molecule has 0 amide bonds. The molecule has 0 aliphatic carbocycles. The van der Waals surface area contributed by atoms with Crippen molar-refractivity contribution in [2.24, 2.45) is 0 Å². The Labute approximate surface area is 173 Å². The lowest BCUT2D eigenvalue weighted by Gasteiger charge is -2.11. The molecule has 0 radical (unpaired) electrons. The van der Waals surface area contributed by atoms with E-state index in [0.29, 0.717) is 23.7 Å². The van der Waals surface area contributed by atoms with Crippen LogP contribution in [-0.4, -0.2) is 38.0 Å². The first-order chi connectivity index (χ1) is 14.2. The van der Waals surface area contributed by atoms with Crippen molar-refractivity contribution in [1.82, 2.24) is 24.9 Å². The first-order valence-electron chi connectivity index (χ1n) is 9.77. The highest BCUT2D eigenvalue weighted by molar-refractivity contribution is 7.13. The third-order valence-electron chi connectivity index (χ3n) is 4.86. The molecule has 29 heavy (non-hydrogen) atoms. The Kier molecular flexibility index (Phi) is 5.78. The van der Waals surface area contributed by atoms with Gasteiger partial charge in [-0.2, -0.15) is 5.10 Å². The Morgan fingerprint density at radius 1 is 1.28 bits per heavy atom. The minimum Gasteiger partial charge on any atom is -0.315 e. The van der Waals surface area contributed by atoms with Gasteiger partial charge in [-0.1, -0.05) is 13.0 Å². The van der Waals surface area contributed by atoms with Gasteiger partial charge in [0.05, 0.1) is 28.0 Å². The van der Waals surface area contributed by atoms with Crippen LogP contribution in [0, 0.1) is 0 Å². The van der Waals surface area contributed by atoms with Crippen molar-refractivity contribution >= 4 is 22.8 Å². The molecule has 0 fully saturated rings. The average molecular weight is 406 g/mol. The van der Waals surface area contributed by atoms with E-state index >= 15 is 0 Å². The molecule has 0 unspecified atom stereocenters. The lowest BCUT2D eigenvalue weighted by Crippen LogP contribution is -2.26. The molecule has 4 heterocycles. The van der Waals surface area contributed by atoms with E-state index in [4.69, 9.17) is 4.98 Å². The van der Waals surface area contributed by atoms with Crippen molar-refractivity contribution in [3.8, 4) is 21.8 Å². The Bertz CT molecular complexity index is 1120. The van der Waals surface area contributed by atoms with Gasteiger partial charge in [0.2, 0.25) is 0 Å². The first-order valence-corrected chi connectivity index (χ1v) is 10.6. The molecule has 1 atom stereocenters. The summed E-state index contributed by atoms with van der Waals surface area (Å²) in [6, 6.07) is 9.96. The zero-order chi connectivity index (χ0) is 20.2. The quantitative estimate of drug-likeness (QED) is 0.438. The van der Waals surface area contributed by atoms with Gasteiger partial charge in [0.25, 0.3) is 0 Å². The fraction of sp³-hybridized carbons (Fsp3) is 0.273. The number of carbonyl (C=O) groups excluding carboxylic acids is 1. The van der Waals surface area contributed by atoms with Crippen LogP contribution in [0.3, 0.4) is 0 Å². The maximum atomic E-state index is 12.7. The molecule has 1 N–H and O–H groups in total. The van der Waals surface area contributed by atoms with Crippen LogP contribution >= 0.6 is 11.3 Å². The third-order valence-corrected chi connectivity index (χ3v) is 5.75. The van der Waals surface area contributed by atoms with E-state index in [1.807, 2.05) is 35.8 Å². The highest BCUT2D eigenvalue weighted by atomic mass is 32.1. The molecule has 0 saturated carbocycles. The minimum absolute atomic E-state index is 0.127. The number of aromatic nitrogens is 4. The molecule has 7 heteroatoms. The summed E-state index contributed by atoms with van der Waals surface area (Å²) in [6.45, 7) is 5.08. The predicted molar refractivity (Wildman–Crippen MR) is 116 cm³/mol. The van der Waals surface area contributed by atoms with Gasteiger partial charge in [0, 0.05) is 30.4 Å². The second-order valence-electron chi connectivity index (χ2n) is 6.97. The monoisotopic (exact) mass is 405 g/mol. The number of nitrogens with one attached hydrogen (secondary N) is 1. The van der Waals surface area contributed by atoms with Crippen molar-refractivity contribution in [1.29, 1.82) is 0 Å². The predicted octanol–water partition coefficient (Wildman–Crippen LogP) is 4.48. The Balaban J connectivity index is 1.62. The molecule has 4 aromatic rings. The highest BCUT2D eigenvalue weighted by Gasteiger charge is 2.14. The summed E-state index contributed by atoms with van der Waals surface area (Å²) in [5.41, 5.74) is 3.83. The van der Waals surface area contributed by atoms with Crippen molar-refractivity contribution in [3.63, 3.8) is 0 Å². The van der Waals surface area contributed by atoms with Crippen LogP contribution in [0.25, 0.3) is 27.5 Å². The van der Waals surface area contributed by atoms with E-state index in [2.05, 4.69) is 29.2 Å². The van der Waals surface area contributed by atoms with Crippen LogP contribution < -0.4 is 5.32 Å². The van der Waals surface area contributed by atoms with E-state index < -0.39 is 0 Å². The molecule has 0 aliphatic heterocycles. The normalized spacial score (nSPS) is 12.3. The van der Waals surface area contributed by atoms with E-state index in [1.54, 1.807) is 34.3 Å². The molecule has 0 aliphatic rings. The fourth-order valence-corrected chi connectivity index (χ4v) is 4.00. The Hall–Kier alpha value is -2.90. The van der Waals surface area contributed by atoms with Gasteiger partial charge >= 0.3 is 0 Å². The number of carbonyl (C=O) groups is 1. The van der Waals surface area contributed by atoms with Crippen LogP contribution in [-0.2, 0) is 0 Å². The Morgan fingerprint density at radius 3 is 2.97 bits per heavy atom. The number of nitrogens with zero attached hydrogens (tertiary/aromatic N) is 4. The average Bonchev–Trinajstić information content (AvgIpc) is 3.42. The van der Waals surface area contributed by atoms with Gasteiger partial charge in [-0.15, -0.1) is 11.3 Å². The number of fused-ring (bicyclic) bond motifs is 1. The number of Topliss-reactive ketones (excluding diaryl/α,β-unsaturated/α-hetero) is 1. The molecule has 6 nitrogen and oxygen atoms in total. The summed E-state index contributed by atoms with van der Waals surface area (Å²) in [7, 11) is 0.